The Morgan fingerprint density at radius 1 is 1.41 bits per heavy atom. The maximum Gasteiger partial charge on any atom is 0.243 e. The second-order valence-electron chi connectivity index (χ2n) is 7.69. The second-order valence-corrected chi connectivity index (χ2v) is 7.69. The van der Waals surface area contributed by atoms with Gasteiger partial charge in [-0.25, -0.2) is 10.0 Å². The number of hydrogen-bond donors (Lipinski definition) is 3. The van der Waals surface area contributed by atoms with Gasteiger partial charge in [0.05, 0.1) is 11.9 Å². The van der Waals surface area contributed by atoms with E-state index in [0.717, 1.165) is 28.6 Å². The number of hydrazone groups is 1. The predicted octanol–water partition coefficient (Wildman–Crippen LogP) is 1.52. The van der Waals surface area contributed by atoms with E-state index in [1.165, 1.54) is 25.3 Å². The number of amidine groups is 1. The summed E-state index contributed by atoms with van der Waals surface area (Å²) < 4.78 is 0. The van der Waals surface area contributed by atoms with E-state index in [0.29, 0.717) is 6.54 Å². The molecule has 3 N–H and O–H groups in total. The zero-order valence-electron chi connectivity index (χ0n) is 15.0. The van der Waals surface area contributed by atoms with E-state index in [2.05, 4.69) is 33.7 Å². The summed E-state index contributed by atoms with van der Waals surface area (Å²) in [4.78, 5) is 16.1. The normalized spacial score (nSPS) is 29.4. The van der Waals surface area contributed by atoms with Crippen LogP contribution in [0.25, 0.3) is 5.70 Å². The molecule has 3 aliphatic carbocycles. The van der Waals surface area contributed by atoms with E-state index in [1.807, 2.05) is 29.4 Å². The summed E-state index contributed by atoms with van der Waals surface area (Å²) in [6.45, 7) is 3.93. The van der Waals surface area contributed by atoms with Gasteiger partial charge in [-0.1, -0.05) is 24.8 Å². The van der Waals surface area contributed by atoms with Crippen LogP contribution in [0.2, 0.25) is 0 Å². The van der Waals surface area contributed by atoms with Gasteiger partial charge in [0.1, 0.15) is 12.2 Å². The molecule has 2 bridgehead atoms. The van der Waals surface area contributed by atoms with Crippen molar-refractivity contribution in [1.29, 1.82) is 0 Å². The van der Waals surface area contributed by atoms with Crippen LogP contribution in [0.1, 0.15) is 30.4 Å². The monoisotopic (exact) mass is 362 g/mol. The van der Waals surface area contributed by atoms with E-state index >= 15 is 0 Å². The van der Waals surface area contributed by atoms with Crippen molar-refractivity contribution < 1.29 is 4.79 Å². The van der Waals surface area contributed by atoms with E-state index in [9.17, 15) is 4.79 Å². The quantitative estimate of drug-likeness (QED) is 0.694. The number of carbonyl (C=O) groups is 1. The molecule has 1 aromatic rings. The fourth-order valence-corrected chi connectivity index (χ4v) is 4.27. The van der Waals surface area contributed by atoms with Gasteiger partial charge in [-0.05, 0) is 42.9 Å². The molecule has 1 amide bonds. The van der Waals surface area contributed by atoms with Crippen LogP contribution in [0.3, 0.4) is 0 Å². The second kappa shape index (κ2) is 5.97. The van der Waals surface area contributed by atoms with Crippen molar-refractivity contribution >= 4 is 23.8 Å². The van der Waals surface area contributed by atoms with Gasteiger partial charge < -0.3 is 16.0 Å². The highest BCUT2D eigenvalue weighted by molar-refractivity contribution is 5.95. The number of rotatable bonds is 5. The molecule has 7 nitrogen and oxygen atoms in total. The zero-order chi connectivity index (χ0) is 18.4. The molecule has 6 rings (SSSR count). The highest BCUT2D eigenvalue weighted by atomic mass is 16.1. The van der Waals surface area contributed by atoms with Gasteiger partial charge in [0.2, 0.25) is 5.91 Å². The topological polar surface area (TPSA) is 81.1 Å². The summed E-state index contributed by atoms with van der Waals surface area (Å²) in [7, 11) is 0. The van der Waals surface area contributed by atoms with Crippen molar-refractivity contribution in [3.05, 3.63) is 54.2 Å². The lowest BCUT2D eigenvalue weighted by molar-refractivity contribution is -0.116. The van der Waals surface area contributed by atoms with Crippen molar-refractivity contribution in [3.63, 3.8) is 0 Å². The average Bonchev–Trinajstić information content (AvgIpc) is 3.11. The first kappa shape index (κ1) is 16.1. The molecule has 0 radical (unpaired) electrons. The van der Waals surface area contributed by atoms with E-state index in [1.54, 1.807) is 6.34 Å². The minimum absolute atomic E-state index is 0.0943. The van der Waals surface area contributed by atoms with Gasteiger partial charge in [-0.2, -0.15) is 5.10 Å². The van der Waals surface area contributed by atoms with Crippen molar-refractivity contribution in [3.8, 4) is 0 Å². The summed E-state index contributed by atoms with van der Waals surface area (Å²) in [5.74, 6) is 1.67. The molecule has 3 saturated carbocycles. The summed E-state index contributed by atoms with van der Waals surface area (Å²) >= 11 is 0. The fraction of sp³-hybridized carbons (Fsp3) is 0.350. The van der Waals surface area contributed by atoms with Crippen LogP contribution in [0, 0.1) is 5.92 Å². The number of nitrogens with zero attached hydrogens (tertiary/aromatic N) is 3. The first-order chi connectivity index (χ1) is 13.2. The largest absolute Gasteiger partial charge is 0.365 e. The van der Waals surface area contributed by atoms with Crippen LogP contribution < -0.4 is 16.0 Å². The number of hydrogen-bond acceptors (Lipinski definition) is 6. The average molecular weight is 362 g/mol. The predicted molar refractivity (Wildman–Crippen MR) is 104 cm³/mol. The van der Waals surface area contributed by atoms with Crippen molar-refractivity contribution in [2.45, 2.75) is 37.5 Å². The van der Waals surface area contributed by atoms with Crippen molar-refractivity contribution in [2.75, 3.05) is 0 Å². The van der Waals surface area contributed by atoms with Crippen LogP contribution >= 0.6 is 0 Å². The maximum atomic E-state index is 11.4. The van der Waals surface area contributed by atoms with Crippen LogP contribution in [0.4, 0.5) is 0 Å². The molecule has 2 heterocycles. The molecule has 7 heteroatoms. The van der Waals surface area contributed by atoms with Crippen LogP contribution in [-0.4, -0.2) is 34.8 Å². The molecule has 138 valence electrons. The zero-order valence-corrected chi connectivity index (χ0v) is 15.0. The molecule has 0 spiro atoms. The molecular weight excluding hydrogens is 340 g/mol. The molecule has 1 unspecified atom stereocenters. The Kier molecular flexibility index (Phi) is 3.56. The molecule has 2 aliphatic heterocycles. The minimum Gasteiger partial charge on any atom is -0.365 e. The van der Waals surface area contributed by atoms with Gasteiger partial charge >= 0.3 is 0 Å². The molecule has 1 atom stereocenters. The van der Waals surface area contributed by atoms with Crippen molar-refractivity contribution in [1.82, 2.24) is 21.0 Å². The van der Waals surface area contributed by atoms with Crippen LogP contribution in [-0.2, 0) is 11.3 Å². The number of aliphatic imine (C=N–C) groups is 1. The lowest BCUT2D eigenvalue weighted by atomic mass is 9.50. The Labute approximate surface area is 157 Å². The number of nitrogens with one attached hydrogen (secondary N) is 3. The standard InChI is InChI=1S/C20H22N6O/c1-2-17(27)21-10-13-4-3-5-15(6-13)16-11-22-18(19-23-12-24-26(16)19)25-20-7-14(8-20)9-20/h2-6,11-12,14,19H,1,7-10H2,(H,21,27)(H,22,25)(H,23,24). The van der Waals surface area contributed by atoms with Crippen molar-refractivity contribution in [2.24, 2.45) is 16.0 Å². The SMILES string of the molecule is C=CC(=O)NCc1cccc(C2=CN=C(NC34CC(C3)C4)C3NC=NN23)c1. The lowest BCUT2D eigenvalue weighted by Gasteiger charge is -2.62. The molecule has 5 aliphatic rings. The first-order valence-corrected chi connectivity index (χ1v) is 9.29. The summed E-state index contributed by atoms with van der Waals surface area (Å²) in [6, 6.07) is 8.05. The first-order valence-electron chi connectivity index (χ1n) is 9.29. The third-order valence-electron chi connectivity index (χ3n) is 5.80. The molecular formula is C20H22N6O. The third kappa shape index (κ3) is 2.70. The lowest BCUT2D eigenvalue weighted by Crippen LogP contribution is -2.70. The molecule has 3 fully saturated rings. The molecule has 0 saturated heterocycles. The smallest absolute Gasteiger partial charge is 0.243 e. The Morgan fingerprint density at radius 2 is 2.26 bits per heavy atom. The Hall–Kier alpha value is -3.09. The highest BCUT2D eigenvalue weighted by Gasteiger charge is 2.57. The summed E-state index contributed by atoms with van der Waals surface area (Å²) in [5, 5.41) is 16.2. The van der Waals surface area contributed by atoms with Gasteiger partial charge in [0.25, 0.3) is 0 Å². The number of carbonyl (C=O) groups excluding carboxylic acids is 1. The van der Waals surface area contributed by atoms with Gasteiger partial charge in [-0.15, -0.1) is 0 Å². The van der Waals surface area contributed by atoms with Gasteiger partial charge in [-0.3, -0.25) is 4.79 Å². The van der Waals surface area contributed by atoms with Crippen LogP contribution in [0.15, 0.2) is 53.2 Å². The Bertz CT molecular complexity index is 884. The molecule has 1 aromatic carbocycles. The highest BCUT2D eigenvalue weighted by Crippen LogP contribution is 2.57. The third-order valence-corrected chi connectivity index (χ3v) is 5.80. The number of benzene rings is 1. The van der Waals surface area contributed by atoms with E-state index in [4.69, 9.17) is 4.99 Å². The maximum absolute atomic E-state index is 11.4. The summed E-state index contributed by atoms with van der Waals surface area (Å²) in [6.07, 6.45) is 8.55. The number of amides is 1. The summed E-state index contributed by atoms with van der Waals surface area (Å²) in [5.41, 5.74) is 3.23. The Morgan fingerprint density at radius 3 is 3.00 bits per heavy atom. The van der Waals surface area contributed by atoms with E-state index in [-0.39, 0.29) is 17.6 Å². The molecule has 0 aromatic heterocycles. The minimum atomic E-state index is -0.181. The fourth-order valence-electron chi connectivity index (χ4n) is 4.27. The van der Waals surface area contributed by atoms with Gasteiger partial charge in [0, 0.05) is 17.6 Å². The number of fused-ring (bicyclic) bond motifs is 1. The van der Waals surface area contributed by atoms with Crippen LogP contribution in [0.5, 0.6) is 0 Å². The van der Waals surface area contributed by atoms with E-state index < -0.39 is 0 Å². The Balaban J connectivity index is 1.38. The molecule has 27 heavy (non-hydrogen) atoms. The van der Waals surface area contributed by atoms with Gasteiger partial charge in [0.15, 0.2) is 6.17 Å².